The van der Waals surface area contributed by atoms with Gasteiger partial charge in [-0.3, -0.25) is 14.8 Å². The molecule has 0 spiro atoms. The van der Waals surface area contributed by atoms with E-state index in [1.165, 1.54) is 30.3 Å². The maximum atomic E-state index is 13.9. The molecule has 1 saturated heterocycles. The van der Waals surface area contributed by atoms with Gasteiger partial charge in [0.05, 0.1) is 12.6 Å². The molecule has 4 nitrogen and oxygen atoms in total. The van der Waals surface area contributed by atoms with E-state index in [0.29, 0.717) is 6.54 Å². The van der Waals surface area contributed by atoms with Crippen molar-refractivity contribution in [3.05, 3.63) is 107 Å². The minimum atomic E-state index is -0.332. The van der Waals surface area contributed by atoms with Crippen molar-refractivity contribution in [3.63, 3.8) is 0 Å². The fourth-order valence-electron chi connectivity index (χ4n) is 4.76. The summed E-state index contributed by atoms with van der Waals surface area (Å²) in [5.41, 5.74) is 2.52. The first-order valence-electron chi connectivity index (χ1n) is 11.6. The molecule has 2 aliphatic rings. The highest BCUT2D eigenvalue weighted by atomic mass is 19.1. The first kappa shape index (κ1) is 22.6. The molecular formula is C27H27F3N4. The van der Waals surface area contributed by atoms with E-state index >= 15 is 0 Å². The van der Waals surface area contributed by atoms with Gasteiger partial charge in [-0.2, -0.15) is 0 Å². The molecule has 1 fully saturated rings. The van der Waals surface area contributed by atoms with Gasteiger partial charge < -0.3 is 5.32 Å². The number of amidine groups is 1. The predicted octanol–water partition coefficient (Wildman–Crippen LogP) is 4.71. The molecule has 1 N–H and O–H groups in total. The molecule has 0 saturated carbocycles. The Morgan fingerprint density at radius 3 is 1.91 bits per heavy atom. The van der Waals surface area contributed by atoms with Crippen LogP contribution >= 0.6 is 0 Å². The van der Waals surface area contributed by atoms with Crippen molar-refractivity contribution in [3.8, 4) is 0 Å². The first-order valence-corrected chi connectivity index (χ1v) is 11.6. The molecule has 0 aromatic heterocycles. The summed E-state index contributed by atoms with van der Waals surface area (Å²) >= 11 is 0. The summed E-state index contributed by atoms with van der Waals surface area (Å²) in [7, 11) is 0. The Balaban J connectivity index is 1.26. The van der Waals surface area contributed by atoms with Crippen molar-refractivity contribution < 1.29 is 13.2 Å². The van der Waals surface area contributed by atoms with Gasteiger partial charge in [0.1, 0.15) is 29.3 Å². The van der Waals surface area contributed by atoms with Crippen LogP contribution in [0.15, 0.2) is 77.8 Å². The molecule has 2 heterocycles. The van der Waals surface area contributed by atoms with E-state index in [1.807, 2.05) is 18.2 Å². The van der Waals surface area contributed by atoms with E-state index in [-0.39, 0.29) is 29.5 Å². The SMILES string of the molecule is Fc1cccc(CN2CCN(CC3=NC(c4cccc(F)c4)C(c4cccc(F)c4)N3)CC2)c1. The van der Waals surface area contributed by atoms with Crippen molar-refractivity contribution in [2.24, 2.45) is 4.99 Å². The van der Waals surface area contributed by atoms with Crippen LogP contribution in [0, 0.1) is 17.5 Å². The molecule has 2 aliphatic heterocycles. The molecule has 176 valence electrons. The topological polar surface area (TPSA) is 30.9 Å². The number of benzene rings is 3. The number of piperazine rings is 1. The average molecular weight is 465 g/mol. The zero-order valence-corrected chi connectivity index (χ0v) is 18.8. The van der Waals surface area contributed by atoms with Gasteiger partial charge in [0.15, 0.2) is 0 Å². The monoisotopic (exact) mass is 464 g/mol. The third kappa shape index (κ3) is 5.32. The van der Waals surface area contributed by atoms with Crippen LogP contribution < -0.4 is 5.32 Å². The first-order chi connectivity index (χ1) is 16.5. The van der Waals surface area contributed by atoms with Gasteiger partial charge in [-0.05, 0) is 53.1 Å². The highest BCUT2D eigenvalue weighted by Crippen LogP contribution is 2.36. The molecule has 3 aromatic rings. The number of rotatable bonds is 6. The standard InChI is InChI=1S/C27H27F3N4/c28-22-7-1-4-19(14-22)17-33-10-12-34(13-11-33)18-25-31-26(20-5-2-8-23(29)15-20)27(32-25)21-6-3-9-24(30)16-21/h1-9,14-16,26-27H,10-13,17-18H2,(H,31,32). The smallest absolute Gasteiger partial charge is 0.123 e. The third-order valence-corrected chi connectivity index (χ3v) is 6.46. The second-order valence-corrected chi connectivity index (χ2v) is 8.93. The highest BCUT2D eigenvalue weighted by Gasteiger charge is 2.32. The summed E-state index contributed by atoms with van der Waals surface area (Å²) in [6.07, 6.45) is 0. The molecule has 34 heavy (non-hydrogen) atoms. The van der Waals surface area contributed by atoms with Gasteiger partial charge >= 0.3 is 0 Å². The largest absolute Gasteiger partial charge is 0.363 e. The van der Waals surface area contributed by atoms with Crippen LogP contribution in [0.2, 0.25) is 0 Å². The highest BCUT2D eigenvalue weighted by molar-refractivity contribution is 5.86. The molecule has 7 heteroatoms. The lowest BCUT2D eigenvalue weighted by atomic mass is 9.95. The zero-order chi connectivity index (χ0) is 23.5. The molecule has 2 atom stereocenters. The van der Waals surface area contributed by atoms with E-state index in [4.69, 9.17) is 4.99 Å². The molecule has 0 radical (unpaired) electrons. The lowest BCUT2D eigenvalue weighted by Gasteiger charge is -2.34. The number of hydrogen-bond donors (Lipinski definition) is 1. The minimum Gasteiger partial charge on any atom is -0.363 e. The normalized spacial score (nSPS) is 21.3. The Kier molecular flexibility index (Phi) is 6.65. The molecule has 0 aliphatic carbocycles. The van der Waals surface area contributed by atoms with Gasteiger partial charge in [0.2, 0.25) is 0 Å². The Morgan fingerprint density at radius 1 is 0.706 bits per heavy atom. The van der Waals surface area contributed by atoms with E-state index in [0.717, 1.165) is 55.2 Å². The molecular weight excluding hydrogens is 437 g/mol. The van der Waals surface area contributed by atoms with Crippen LogP contribution in [0.3, 0.4) is 0 Å². The van der Waals surface area contributed by atoms with Crippen LogP contribution in [0.1, 0.15) is 28.8 Å². The molecule has 0 bridgehead atoms. The Hall–Kier alpha value is -3.16. The quantitative estimate of drug-likeness (QED) is 0.574. The number of halogens is 3. The van der Waals surface area contributed by atoms with Gasteiger partial charge in [0, 0.05) is 32.7 Å². The minimum absolute atomic E-state index is 0.206. The lowest BCUT2D eigenvalue weighted by Crippen LogP contribution is -2.48. The van der Waals surface area contributed by atoms with Crippen LogP contribution in [0.4, 0.5) is 13.2 Å². The predicted molar refractivity (Wildman–Crippen MR) is 127 cm³/mol. The van der Waals surface area contributed by atoms with Gasteiger partial charge in [-0.25, -0.2) is 13.2 Å². The number of aliphatic imine (C=N–C) groups is 1. The fourth-order valence-corrected chi connectivity index (χ4v) is 4.76. The van der Waals surface area contributed by atoms with Gasteiger partial charge in [-0.15, -0.1) is 0 Å². The van der Waals surface area contributed by atoms with Crippen molar-refractivity contribution >= 4 is 5.84 Å². The summed E-state index contributed by atoms with van der Waals surface area (Å²) in [5, 5.41) is 3.47. The average Bonchev–Trinajstić information content (AvgIpc) is 3.24. The maximum absolute atomic E-state index is 13.9. The van der Waals surface area contributed by atoms with Crippen molar-refractivity contribution in [2.45, 2.75) is 18.6 Å². The number of hydrogen-bond acceptors (Lipinski definition) is 4. The number of nitrogens with one attached hydrogen (secondary N) is 1. The Labute approximate surface area is 197 Å². The molecule has 3 aromatic carbocycles. The second-order valence-electron chi connectivity index (χ2n) is 8.93. The van der Waals surface area contributed by atoms with Crippen LogP contribution in [0.5, 0.6) is 0 Å². The Morgan fingerprint density at radius 2 is 1.26 bits per heavy atom. The van der Waals surface area contributed by atoms with Crippen molar-refractivity contribution in [1.29, 1.82) is 0 Å². The summed E-state index contributed by atoms with van der Waals surface area (Å²) < 4.78 is 41.4. The summed E-state index contributed by atoms with van der Waals surface area (Å²) in [4.78, 5) is 9.54. The van der Waals surface area contributed by atoms with E-state index in [9.17, 15) is 13.2 Å². The summed E-state index contributed by atoms with van der Waals surface area (Å²) in [5.74, 6) is -0.00187. The van der Waals surface area contributed by atoms with E-state index in [1.54, 1.807) is 24.3 Å². The van der Waals surface area contributed by atoms with Gasteiger partial charge in [-0.1, -0.05) is 36.4 Å². The fraction of sp³-hybridized carbons (Fsp3) is 0.296. The molecule has 0 amide bonds. The van der Waals surface area contributed by atoms with Crippen LogP contribution in [0.25, 0.3) is 0 Å². The third-order valence-electron chi connectivity index (χ3n) is 6.46. The van der Waals surface area contributed by atoms with Crippen molar-refractivity contribution in [2.75, 3.05) is 32.7 Å². The zero-order valence-electron chi connectivity index (χ0n) is 18.8. The van der Waals surface area contributed by atoms with Crippen LogP contribution in [-0.2, 0) is 6.54 Å². The second kappa shape index (κ2) is 9.99. The van der Waals surface area contributed by atoms with E-state index in [2.05, 4.69) is 15.1 Å². The van der Waals surface area contributed by atoms with Gasteiger partial charge in [0.25, 0.3) is 0 Å². The maximum Gasteiger partial charge on any atom is 0.123 e. The summed E-state index contributed by atoms with van der Waals surface area (Å²) in [6.45, 7) is 4.87. The molecule has 2 unspecified atom stereocenters. The summed E-state index contributed by atoms with van der Waals surface area (Å²) in [6, 6.07) is 19.1. The van der Waals surface area contributed by atoms with E-state index < -0.39 is 0 Å². The van der Waals surface area contributed by atoms with Crippen LogP contribution in [-0.4, -0.2) is 48.4 Å². The van der Waals surface area contributed by atoms with Crippen molar-refractivity contribution in [1.82, 2.24) is 15.1 Å². The molecule has 5 rings (SSSR count). The number of nitrogens with zero attached hydrogens (tertiary/aromatic N) is 3. The lowest BCUT2D eigenvalue weighted by molar-refractivity contribution is 0.139. The Bertz CT molecular complexity index is 1170.